The Balaban J connectivity index is 2.83. The van der Waals surface area contributed by atoms with E-state index in [1.807, 2.05) is 12.1 Å². The Morgan fingerprint density at radius 1 is 1.20 bits per heavy atom. The minimum absolute atomic E-state index is 0.429. The minimum Gasteiger partial charge on any atom is -0.254 e. The van der Waals surface area contributed by atoms with Crippen molar-refractivity contribution in [2.45, 2.75) is 19.8 Å². The lowest BCUT2D eigenvalue weighted by Gasteiger charge is -2.10. The first-order chi connectivity index (χ1) is 7.11. The molecule has 0 fully saturated rings. The van der Waals surface area contributed by atoms with Gasteiger partial charge in [0.1, 0.15) is 0 Å². The lowest BCUT2D eigenvalue weighted by atomic mass is 10.00. The number of benzene rings is 1. The molecule has 0 bridgehead atoms. The predicted octanol–water partition coefficient (Wildman–Crippen LogP) is 4.67. The third-order valence-electron chi connectivity index (χ3n) is 2.44. The van der Waals surface area contributed by atoms with Gasteiger partial charge in [0, 0.05) is 11.6 Å². The average Bonchev–Trinajstić information content (AvgIpc) is 2.23. The fraction of sp³-hybridized carbons (Fsp3) is 0.250. The fourth-order valence-corrected chi connectivity index (χ4v) is 2.01. The summed E-state index contributed by atoms with van der Waals surface area (Å²) in [6.07, 6.45) is 1.61. The zero-order chi connectivity index (χ0) is 11.0. The van der Waals surface area contributed by atoms with Crippen LogP contribution in [0.25, 0.3) is 10.9 Å². The topological polar surface area (TPSA) is 12.9 Å². The number of pyridine rings is 1. The van der Waals surface area contributed by atoms with Gasteiger partial charge in [-0.3, -0.25) is 4.98 Å². The molecule has 0 aliphatic rings. The highest BCUT2D eigenvalue weighted by atomic mass is 35.5. The zero-order valence-electron chi connectivity index (χ0n) is 8.59. The molecule has 0 aliphatic carbocycles. The van der Waals surface area contributed by atoms with E-state index < -0.39 is 0 Å². The van der Waals surface area contributed by atoms with Crippen molar-refractivity contribution in [1.29, 1.82) is 0 Å². The standard InChI is InChI=1S/C12H11Cl2N/c1-7(2)8-4-3-5-9-11(14)10(13)6-15-12(8)9/h3-7H,1-2H3. The lowest BCUT2D eigenvalue weighted by Crippen LogP contribution is -1.92. The molecule has 0 amide bonds. The lowest BCUT2D eigenvalue weighted by molar-refractivity contribution is 0.873. The van der Waals surface area contributed by atoms with Gasteiger partial charge in [0.05, 0.1) is 15.6 Å². The first-order valence-corrected chi connectivity index (χ1v) is 5.59. The highest BCUT2D eigenvalue weighted by Gasteiger charge is 2.10. The molecule has 0 radical (unpaired) electrons. The second-order valence-corrected chi connectivity index (χ2v) is 4.60. The Labute approximate surface area is 99.0 Å². The molecule has 0 spiro atoms. The smallest absolute Gasteiger partial charge is 0.0782 e. The van der Waals surface area contributed by atoms with Crippen LogP contribution >= 0.6 is 23.2 Å². The quantitative estimate of drug-likeness (QED) is 0.706. The Bertz CT molecular complexity index is 506. The molecule has 1 heterocycles. The number of nitrogens with zero attached hydrogens (tertiary/aromatic N) is 1. The molecule has 0 unspecified atom stereocenters. The van der Waals surface area contributed by atoms with Gasteiger partial charge in [-0.15, -0.1) is 0 Å². The molecule has 0 N–H and O–H groups in total. The summed E-state index contributed by atoms with van der Waals surface area (Å²) in [6, 6.07) is 6.01. The van der Waals surface area contributed by atoms with Crippen LogP contribution in [0.1, 0.15) is 25.3 Å². The Kier molecular flexibility index (Phi) is 2.85. The van der Waals surface area contributed by atoms with Crippen LogP contribution in [-0.2, 0) is 0 Å². The zero-order valence-corrected chi connectivity index (χ0v) is 10.1. The van der Waals surface area contributed by atoms with Crippen LogP contribution in [0.4, 0.5) is 0 Å². The number of aromatic nitrogens is 1. The molecule has 1 aromatic carbocycles. The van der Waals surface area contributed by atoms with E-state index in [-0.39, 0.29) is 0 Å². The summed E-state index contributed by atoms with van der Waals surface area (Å²) in [4.78, 5) is 4.35. The van der Waals surface area contributed by atoms with Crippen LogP contribution in [-0.4, -0.2) is 4.98 Å². The Morgan fingerprint density at radius 2 is 1.93 bits per heavy atom. The van der Waals surface area contributed by atoms with E-state index in [1.54, 1.807) is 6.20 Å². The van der Waals surface area contributed by atoms with Crippen LogP contribution in [0.15, 0.2) is 24.4 Å². The molecule has 0 saturated heterocycles. The maximum Gasteiger partial charge on any atom is 0.0782 e. The minimum atomic E-state index is 0.429. The maximum atomic E-state index is 6.13. The largest absolute Gasteiger partial charge is 0.254 e. The van der Waals surface area contributed by atoms with Crippen molar-refractivity contribution in [2.75, 3.05) is 0 Å². The van der Waals surface area contributed by atoms with Crippen molar-refractivity contribution in [3.63, 3.8) is 0 Å². The van der Waals surface area contributed by atoms with Gasteiger partial charge in [-0.2, -0.15) is 0 Å². The van der Waals surface area contributed by atoms with E-state index in [1.165, 1.54) is 5.56 Å². The maximum absolute atomic E-state index is 6.13. The fourth-order valence-electron chi connectivity index (χ4n) is 1.66. The van der Waals surface area contributed by atoms with Crippen molar-refractivity contribution >= 4 is 34.1 Å². The molecule has 0 saturated carbocycles. The highest BCUT2D eigenvalue weighted by Crippen LogP contribution is 2.32. The van der Waals surface area contributed by atoms with Gasteiger partial charge in [-0.05, 0) is 11.5 Å². The number of fused-ring (bicyclic) bond motifs is 1. The van der Waals surface area contributed by atoms with E-state index in [9.17, 15) is 0 Å². The number of para-hydroxylation sites is 1. The molecular formula is C12H11Cl2N. The van der Waals surface area contributed by atoms with E-state index in [0.29, 0.717) is 16.0 Å². The number of halogens is 2. The molecule has 1 nitrogen and oxygen atoms in total. The van der Waals surface area contributed by atoms with E-state index in [4.69, 9.17) is 23.2 Å². The Hall–Kier alpha value is -0.790. The number of hydrogen-bond acceptors (Lipinski definition) is 1. The molecule has 2 aromatic rings. The summed E-state index contributed by atoms with van der Waals surface area (Å²) >= 11 is 12.1. The van der Waals surface area contributed by atoms with Crippen molar-refractivity contribution < 1.29 is 0 Å². The average molecular weight is 240 g/mol. The molecular weight excluding hydrogens is 229 g/mol. The molecule has 3 heteroatoms. The van der Waals surface area contributed by atoms with Crippen LogP contribution in [0.2, 0.25) is 10.0 Å². The van der Waals surface area contributed by atoms with Crippen molar-refractivity contribution in [3.05, 3.63) is 40.0 Å². The monoisotopic (exact) mass is 239 g/mol. The van der Waals surface area contributed by atoms with Gasteiger partial charge in [0.25, 0.3) is 0 Å². The summed E-state index contributed by atoms with van der Waals surface area (Å²) < 4.78 is 0. The van der Waals surface area contributed by atoms with E-state index in [0.717, 1.165) is 10.9 Å². The second-order valence-electron chi connectivity index (χ2n) is 3.82. The molecule has 0 atom stereocenters. The Morgan fingerprint density at radius 3 is 2.60 bits per heavy atom. The van der Waals surface area contributed by atoms with Crippen LogP contribution < -0.4 is 0 Å². The summed E-state index contributed by atoms with van der Waals surface area (Å²) in [5.74, 6) is 0.429. The second kappa shape index (κ2) is 3.99. The van der Waals surface area contributed by atoms with E-state index in [2.05, 4.69) is 24.9 Å². The molecule has 15 heavy (non-hydrogen) atoms. The summed E-state index contributed by atoms with van der Waals surface area (Å²) in [5.41, 5.74) is 2.15. The van der Waals surface area contributed by atoms with Crippen LogP contribution in [0, 0.1) is 0 Å². The summed E-state index contributed by atoms with van der Waals surface area (Å²) in [5, 5.41) is 2.02. The van der Waals surface area contributed by atoms with Crippen molar-refractivity contribution in [3.8, 4) is 0 Å². The van der Waals surface area contributed by atoms with Crippen molar-refractivity contribution in [2.24, 2.45) is 0 Å². The van der Waals surface area contributed by atoms with Gasteiger partial charge in [-0.25, -0.2) is 0 Å². The summed E-state index contributed by atoms with van der Waals surface area (Å²) in [6.45, 7) is 4.28. The number of rotatable bonds is 1. The van der Waals surface area contributed by atoms with Gasteiger partial charge in [-0.1, -0.05) is 55.2 Å². The van der Waals surface area contributed by atoms with Crippen LogP contribution in [0.5, 0.6) is 0 Å². The highest BCUT2D eigenvalue weighted by molar-refractivity contribution is 6.45. The third kappa shape index (κ3) is 1.82. The first kappa shape index (κ1) is 10.7. The van der Waals surface area contributed by atoms with Gasteiger partial charge in [0.2, 0.25) is 0 Å². The van der Waals surface area contributed by atoms with Gasteiger partial charge >= 0.3 is 0 Å². The van der Waals surface area contributed by atoms with Crippen molar-refractivity contribution in [1.82, 2.24) is 4.98 Å². The predicted molar refractivity (Wildman–Crippen MR) is 65.9 cm³/mol. The summed E-state index contributed by atoms with van der Waals surface area (Å²) in [7, 11) is 0. The third-order valence-corrected chi connectivity index (χ3v) is 3.23. The normalized spacial score (nSPS) is 11.3. The van der Waals surface area contributed by atoms with Gasteiger partial charge < -0.3 is 0 Å². The first-order valence-electron chi connectivity index (χ1n) is 4.84. The number of hydrogen-bond donors (Lipinski definition) is 0. The molecule has 2 rings (SSSR count). The van der Waals surface area contributed by atoms with Gasteiger partial charge in [0.15, 0.2) is 0 Å². The molecule has 0 aliphatic heterocycles. The van der Waals surface area contributed by atoms with Crippen LogP contribution in [0.3, 0.4) is 0 Å². The SMILES string of the molecule is CC(C)c1cccc2c(Cl)c(Cl)cnc12. The molecule has 78 valence electrons. The van der Waals surface area contributed by atoms with E-state index >= 15 is 0 Å². The molecule has 1 aromatic heterocycles.